The molecule has 6 heteroatoms. The highest BCUT2D eigenvalue weighted by Gasteiger charge is 2.14. The van der Waals surface area contributed by atoms with Crippen LogP contribution in [-0.2, 0) is 6.42 Å². The number of nitrogen functional groups attached to an aromatic ring is 1. The lowest BCUT2D eigenvalue weighted by Crippen LogP contribution is -2.24. The van der Waals surface area contributed by atoms with Gasteiger partial charge in [0.25, 0.3) is 5.56 Å². The number of nitrogens with one attached hydrogen (secondary N) is 2. The zero-order chi connectivity index (χ0) is 9.42. The van der Waals surface area contributed by atoms with Crippen molar-refractivity contribution in [1.82, 2.24) is 9.97 Å². The fourth-order valence-corrected chi connectivity index (χ4v) is 1.22. The van der Waals surface area contributed by atoms with E-state index in [0.717, 1.165) is 5.71 Å². The fourth-order valence-electron chi connectivity index (χ4n) is 1.22. The van der Waals surface area contributed by atoms with Gasteiger partial charge in [0.15, 0.2) is 5.82 Å². The van der Waals surface area contributed by atoms with Crippen molar-refractivity contribution in [3.63, 3.8) is 0 Å². The number of anilines is 2. The minimum absolute atomic E-state index is 0.103. The second-order valence-corrected chi connectivity index (χ2v) is 2.91. The molecule has 0 aromatic carbocycles. The number of hydrogen-bond donors (Lipinski definition) is 3. The number of fused-ring (bicyclic) bond motifs is 1. The number of nitrogens with two attached hydrogens (primary N) is 1. The van der Waals surface area contributed by atoms with E-state index in [0.29, 0.717) is 17.8 Å². The maximum absolute atomic E-state index is 11.4. The number of aromatic nitrogens is 2. The van der Waals surface area contributed by atoms with Crippen LogP contribution in [0.1, 0.15) is 12.5 Å². The van der Waals surface area contributed by atoms with Gasteiger partial charge in [-0.15, -0.1) is 0 Å². The molecule has 6 nitrogen and oxygen atoms in total. The predicted octanol–water partition coefficient (Wildman–Crippen LogP) is -0.304. The van der Waals surface area contributed by atoms with Gasteiger partial charge in [0.2, 0.25) is 5.95 Å². The van der Waals surface area contributed by atoms with Gasteiger partial charge in [0.1, 0.15) is 0 Å². The monoisotopic (exact) mass is 179 g/mol. The van der Waals surface area contributed by atoms with Crippen LogP contribution >= 0.6 is 0 Å². The molecule has 0 aliphatic carbocycles. The first kappa shape index (κ1) is 7.78. The van der Waals surface area contributed by atoms with Crippen LogP contribution in [0, 0.1) is 0 Å². The number of H-pyrrole nitrogens is 1. The molecular formula is C7H9N5O. The first-order valence-corrected chi connectivity index (χ1v) is 3.84. The SMILES string of the molecule is CC1=NNc2nc(N)[nH]c(=O)c2C1. The fraction of sp³-hybridized carbons (Fsp3) is 0.286. The Kier molecular flexibility index (Phi) is 1.54. The molecule has 0 saturated carbocycles. The Balaban J connectivity index is 2.59. The van der Waals surface area contributed by atoms with Gasteiger partial charge in [0.05, 0.1) is 5.56 Å². The molecule has 2 heterocycles. The van der Waals surface area contributed by atoms with Crippen LogP contribution in [0.2, 0.25) is 0 Å². The summed E-state index contributed by atoms with van der Waals surface area (Å²) in [6.07, 6.45) is 0.519. The largest absolute Gasteiger partial charge is 0.369 e. The van der Waals surface area contributed by atoms with Crippen LogP contribution in [0.3, 0.4) is 0 Å². The minimum Gasteiger partial charge on any atom is -0.369 e. The van der Waals surface area contributed by atoms with E-state index in [-0.39, 0.29) is 11.5 Å². The Labute approximate surface area is 73.9 Å². The molecule has 0 bridgehead atoms. The lowest BCUT2D eigenvalue weighted by atomic mass is 10.1. The Morgan fingerprint density at radius 3 is 3.08 bits per heavy atom. The van der Waals surface area contributed by atoms with Crippen LogP contribution in [0.4, 0.5) is 11.8 Å². The molecular weight excluding hydrogens is 170 g/mol. The lowest BCUT2D eigenvalue weighted by molar-refractivity contribution is 1.02. The van der Waals surface area contributed by atoms with E-state index in [1.807, 2.05) is 6.92 Å². The standard InChI is InChI=1S/C7H9N5O/c1-3-2-4-5(12-11-3)9-7(8)10-6(4)13/h2H2,1H3,(H4,8,9,10,12,13). The molecule has 4 N–H and O–H groups in total. The summed E-state index contributed by atoms with van der Waals surface area (Å²) in [5.41, 5.74) is 9.27. The highest BCUT2D eigenvalue weighted by Crippen LogP contribution is 2.13. The summed E-state index contributed by atoms with van der Waals surface area (Å²) < 4.78 is 0. The van der Waals surface area contributed by atoms with E-state index in [4.69, 9.17) is 5.73 Å². The van der Waals surface area contributed by atoms with Gasteiger partial charge in [0, 0.05) is 12.1 Å². The van der Waals surface area contributed by atoms with Crippen molar-refractivity contribution in [1.29, 1.82) is 0 Å². The van der Waals surface area contributed by atoms with Gasteiger partial charge in [-0.1, -0.05) is 0 Å². The summed E-state index contributed by atoms with van der Waals surface area (Å²) in [5.74, 6) is 0.554. The first-order valence-electron chi connectivity index (χ1n) is 3.84. The Morgan fingerprint density at radius 1 is 1.54 bits per heavy atom. The van der Waals surface area contributed by atoms with Gasteiger partial charge in [-0.3, -0.25) is 15.2 Å². The molecule has 13 heavy (non-hydrogen) atoms. The van der Waals surface area contributed by atoms with Crippen molar-refractivity contribution in [3.05, 3.63) is 15.9 Å². The number of rotatable bonds is 0. The number of aromatic amines is 1. The van der Waals surface area contributed by atoms with Crippen molar-refractivity contribution < 1.29 is 0 Å². The van der Waals surface area contributed by atoms with Crippen LogP contribution in [0.15, 0.2) is 9.90 Å². The van der Waals surface area contributed by atoms with Crippen molar-refractivity contribution in [2.75, 3.05) is 11.2 Å². The average molecular weight is 179 g/mol. The third-order valence-corrected chi connectivity index (χ3v) is 1.82. The molecule has 1 aromatic rings. The molecule has 0 atom stereocenters. The summed E-state index contributed by atoms with van der Waals surface area (Å²) in [6, 6.07) is 0. The number of nitrogens with zero attached hydrogens (tertiary/aromatic N) is 2. The topological polar surface area (TPSA) is 96.2 Å². The van der Waals surface area contributed by atoms with Gasteiger partial charge in [-0.2, -0.15) is 10.1 Å². The molecule has 1 aromatic heterocycles. The average Bonchev–Trinajstić information content (AvgIpc) is 2.06. The van der Waals surface area contributed by atoms with Gasteiger partial charge in [-0.25, -0.2) is 0 Å². The van der Waals surface area contributed by atoms with Crippen LogP contribution in [0.5, 0.6) is 0 Å². The molecule has 0 spiro atoms. The Hall–Kier alpha value is -1.85. The zero-order valence-corrected chi connectivity index (χ0v) is 7.09. The third-order valence-electron chi connectivity index (χ3n) is 1.82. The molecule has 0 unspecified atom stereocenters. The minimum atomic E-state index is -0.204. The van der Waals surface area contributed by atoms with Crippen molar-refractivity contribution >= 4 is 17.5 Å². The number of hydrogen-bond acceptors (Lipinski definition) is 5. The van der Waals surface area contributed by atoms with E-state index in [1.165, 1.54) is 0 Å². The molecule has 68 valence electrons. The molecule has 2 rings (SSSR count). The van der Waals surface area contributed by atoms with E-state index < -0.39 is 0 Å². The Bertz CT molecular complexity index is 433. The second-order valence-electron chi connectivity index (χ2n) is 2.91. The molecule has 0 fully saturated rings. The lowest BCUT2D eigenvalue weighted by Gasteiger charge is -2.12. The van der Waals surface area contributed by atoms with Gasteiger partial charge in [-0.05, 0) is 6.92 Å². The van der Waals surface area contributed by atoms with Crippen LogP contribution in [0.25, 0.3) is 0 Å². The van der Waals surface area contributed by atoms with Crippen molar-refractivity contribution in [2.24, 2.45) is 5.10 Å². The zero-order valence-electron chi connectivity index (χ0n) is 7.09. The molecule has 1 aliphatic rings. The summed E-state index contributed by atoms with van der Waals surface area (Å²) in [5, 5.41) is 3.95. The third kappa shape index (κ3) is 1.26. The van der Waals surface area contributed by atoms with E-state index >= 15 is 0 Å². The smallest absolute Gasteiger partial charge is 0.258 e. The number of hydrazone groups is 1. The second kappa shape index (κ2) is 2.58. The van der Waals surface area contributed by atoms with Crippen LogP contribution in [-0.4, -0.2) is 15.7 Å². The maximum atomic E-state index is 11.4. The van der Waals surface area contributed by atoms with Gasteiger partial charge >= 0.3 is 0 Å². The highest BCUT2D eigenvalue weighted by atomic mass is 16.1. The van der Waals surface area contributed by atoms with Crippen molar-refractivity contribution in [3.8, 4) is 0 Å². The van der Waals surface area contributed by atoms with Gasteiger partial charge < -0.3 is 5.73 Å². The molecule has 0 amide bonds. The predicted molar refractivity (Wildman–Crippen MR) is 49.7 cm³/mol. The molecule has 0 saturated heterocycles. The Morgan fingerprint density at radius 2 is 2.31 bits per heavy atom. The van der Waals surface area contributed by atoms with Crippen LogP contribution < -0.4 is 16.7 Å². The molecule has 0 radical (unpaired) electrons. The van der Waals surface area contributed by atoms with E-state index in [1.54, 1.807) is 0 Å². The summed E-state index contributed by atoms with van der Waals surface area (Å²) in [4.78, 5) is 17.7. The quantitative estimate of drug-likeness (QED) is 0.509. The molecule has 1 aliphatic heterocycles. The summed E-state index contributed by atoms with van der Waals surface area (Å²) in [6.45, 7) is 1.84. The highest BCUT2D eigenvalue weighted by molar-refractivity contribution is 5.87. The summed E-state index contributed by atoms with van der Waals surface area (Å²) >= 11 is 0. The van der Waals surface area contributed by atoms with E-state index in [2.05, 4.69) is 20.5 Å². The maximum Gasteiger partial charge on any atom is 0.258 e. The van der Waals surface area contributed by atoms with Crippen molar-refractivity contribution in [2.45, 2.75) is 13.3 Å². The summed E-state index contributed by atoms with van der Waals surface area (Å²) in [7, 11) is 0. The van der Waals surface area contributed by atoms with E-state index in [9.17, 15) is 4.79 Å². The normalized spacial score (nSPS) is 14.4. The first-order chi connectivity index (χ1) is 6.16.